The van der Waals surface area contributed by atoms with Gasteiger partial charge >= 0.3 is 6.18 Å². The fraction of sp³-hybridized carbons (Fsp3) is 0.333. The van der Waals surface area contributed by atoms with E-state index in [0.717, 1.165) is 6.07 Å². The van der Waals surface area contributed by atoms with Crippen molar-refractivity contribution in [1.82, 2.24) is 4.98 Å². The van der Waals surface area contributed by atoms with Gasteiger partial charge in [-0.25, -0.2) is 0 Å². The number of halogens is 3. The second-order valence-corrected chi connectivity index (χ2v) is 5.91. The molecule has 0 radical (unpaired) electrons. The molecule has 4 nitrogen and oxygen atoms in total. The summed E-state index contributed by atoms with van der Waals surface area (Å²) in [6.07, 6.45) is -3.05. The Morgan fingerprint density at radius 3 is 2.72 bits per heavy atom. The van der Waals surface area contributed by atoms with Crippen molar-refractivity contribution in [3.63, 3.8) is 0 Å². The molecule has 132 valence electrons. The third-order valence-corrected chi connectivity index (χ3v) is 4.44. The number of aliphatic hydroxyl groups excluding tert-OH is 1. The number of hydrogen-bond donors (Lipinski definition) is 1. The van der Waals surface area contributed by atoms with E-state index in [-0.39, 0.29) is 30.9 Å². The van der Waals surface area contributed by atoms with Crippen LogP contribution in [0.1, 0.15) is 32.7 Å². The fourth-order valence-corrected chi connectivity index (χ4v) is 3.30. The monoisotopic (exact) mass is 351 g/mol. The zero-order valence-electron chi connectivity index (χ0n) is 13.4. The summed E-state index contributed by atoms with van der Waals surface area (Å²) in [5.41, 5.74) is 0.657. The second-order valence-electron chi connectivity index (χ2n) is 5.91. The van der Waals surface area contributed by atoms with Gasteiger partial charge in [-0.3, -0.25) is 9.78 Å². The van der Waals surface area contributed by atoms with Crippen molar-refractivity contribution in [2.75, 3.05) is 7.11 Å². The van der Waals surface area contributed by atoms with Gasteiger partial charge in [-0.05, 0) is 18.6 Å². The number of pyridine rings is 1. The number of ether oxygens (including phenoxy) is 1. The maximum absolute atomic E-state index is 13.1. The van der Waals surface area contributed by atoms with Crippen LogP contribution in [0.15, 0.2) is 30.5 Å². The van der Waals surface area contributed by atoms with E-state index in [0.29, 0.717) is 22.4 Å². The first-order valence-electron chi connectivity index (χ1n) is 7.71. The van der Waals surface area contributed by atoms with Gasteiger partial charge in [-0.2, -0.15) is 13.2 Å². The van der Waals surface area contributed by atoms with Crippen molar-refractivity contribution in [2.45, 2.75) is 25.6 Å². The summed E-state index contributed by atoms with van der Waals surface area (Å²) in [4.78, 5) is 16.4. The first-order valence-corrected chi connectivity index (χ1v) is 7.71. The van der Waals surface area contributed by atoms with E-state index in [1.165, 1.54) is 19.4 Å². The second kappa shape index (κ2) is 6.48. The van der Waals surface area contributed by atoms with Crippen LogP contribution >= 0.6 is 0 Å². The smallest absolute Gasteiger partial charge is 0.418 e. The van der Waals surface area contributed by atoms with Gasteiger partial charge in [0.25, 0.3) is 0 Å². The highest BCUT2D eigenvalue weighted by Crippen LogP contribution is 2.39. The Morgan fingerprint density at radius 2 is 2.08 bits per heavy atom. The minimum Gasteiger partial charge on any atom is -0.496 e. The quantitative estimate of drug-likeness (QED) is 0.919. The van der Waals surface area contributed by atoms with Crippen molar-refractivity contribution in [1.29, 1.82) is 0 Å². The first kappa shape index (κ1) is 17.4. The average molecular weight is 351 g/mol. The van der Waals surface area contributed by atoms with Gasteiger partial charge in [-0.15, -0.1) is 0 Å². The maximum Gasteiger partial charge on any atom is 0.418 e. The Kier molecular flexibility index (Phi) is 4.51. The van der Waals surface area contributed by atoms with E-state index >= 15 is 0 Å². The number of nitrogens with zero attached hydrogens (tertiary/aromatic N) is 1. The SMILES string of the molecule is COc1c(CO)ccc2c1CC(Cc1ncccc1C(F)(F)F)C2=O. The number of Topliss-reactive ketones (excluding diaryl/α,β-unsaturated/α-hetero) is 1. The molecule has 1 aliphatic carbocycles. The van der Waals surface area contributed by atoms with E-state index in [1.807, 2.05) is 0 Å². The standard InChI is InChI=1S/C18H16F3NO3/c1-25-17-10(9-23)4-5-12-13(17)7-11(16(12)24)8-15-14(18(19,20)21)3-2-6-22-15/h2-6,11,23H,7-9H2,1H3. The molecule has 1 heterocycles. The van der Waals surface area contributed by atoms with Gasteiger partial charge in [0, 0.05) is 35.2 Å². The van der Waals surface area contributed by atoms with Gasteiger partial charge in [0.1, 0.15) is 5.75 Å². The molecule has 3 rings (SSSR count). The number of fused-ring (bicyclic) bond motifs is 1. The van der Waals surface area contributed by atoms with Crippen LogP contribution in [-0.4, -0.2) is 23.0 Å². The molecule has 7 heteroatoms. The molecule has 1 N–H and O–H groups in total. The van der Waals surface area contributed by atoms with Crippen LogP contribution < -0.4 is 4.74 Å². The van der Waals surface area contributed by atoms with E-state index in [1.54, 1.807) is 12.1 Å². The van der Waals surface area contributed by atoms with Crippen LogP contribution in [0.5, 0.6) is 5.75 Å². The molecule has 0 aliphatic heterocycles. The number of benzene rings is 1. The highest BCUT2D eigenvalue weighted by Gasteiger charge is 2.38. The number of methoxy groups -OCH3 is 1. The number of carbonyl (C=O) groups excluding carboxylic acids is 1. The fourth-order valence-electron chi connectivity index (χ4n) is 3.30. The highest BCUT2D eigenvalue weighted by atomic mass is 19.4. The summed E-state index contributed by atoms with van der Waals surface area (Å²) < 4.78 is 44.7. The Bertz CT molecular complexity index is 818. The molecule has 0 saturated heterocycles. The van der Waals surface area contributed by atoms with E-state index in [4.69, 9.17) is 4.74 Å². The lowest BCUT2D eigenvalue weighted by molar-refractivity contribution is -0.138. The Balaban J connectivity index is 1.94. The summed E-state index contributed by atoms with van der Waals surface area (Å²) in [7, 11) is 1.44. The lowest BCUT2D eigenvalue weighted by atomic mass is 9.96. The normalized spacial score (nSPS) is 16.8. The van der Waals surface area contributed by atoms with Crippen molar-refractivity contribution < 1.29 is 27.8 Å². The van der Waals surface area contributed by atoms with Crippen molar-refractivity contribution in [3.05, 3.63) is 58.4 Å². The zero-order valence-corrected chi connectivity index (χ0v) is 13.4. The predicted molar refractivity (Wildman–Crippen MR) is 83.4 cm³/mol. The zero-order chi connectivity index (χ0) is 18.2. The number of rotatable bonds is 4. The molecule has 1 aromatic carbocycles. The molecule has 1 aromatic heterocycles. The molecule has 0 saturated carbocycles. The molecule has 0 fully saturated rings. The Hall–Kier alpha value is -2.41. The van der Waals surface area contributed by atoms with Crippen LogP contribution in [0.3, 0.4) is 0 Å². The van der Waals surface area contributed by atoms with Crippen molar-refractivity contribution in [3.8, 4) is 5.75 Å². The van der Waals surface area contributed by atoms with E-state index in [2.05, 4.69) is 4.98 Å². The summed E-state index contributed by atoms with van der Waals surface area (Å²) in [5, 5.41) is 9.37. The average Bonchev–Trinajstić information content (AvgIpc) is 2.89. The van der Waals surface area contributed by atoms with Gasteiger partial charge in [0.05, 0.1) is 25.0 Å². The summed E-state index contributed by atoms with van der Waals surface area (Å²) in [6, 6.07) is 5.39. The summed E-state index contributed by atoms with van der Waals surface area (Å²) >= 11 is 0. The van der Waals surface area contributed by atoms with Crippen LogP contribution in [0.25, 0.3) is 0 Å². The lowest BCUT2D eigenvalue weighted by Crippen LogP contribution is -2.17. The molecule has 25 heavy (non-hydrogen) atoms. The molecule has 0 spiro atoms. The number of hydrogen-bond acceptors (Lipinski definition) is 4. The van der Waals surface area contributed by atoms with Crippen molar-refractivity contribution >= 4 is 5.78 Å². The maximum atomic E-state index is 13.1. The number of aliphatic hydroxyl groups is 1. The predicted octanol–water partition coefficient (Wildman–Crippen LogP) is 3.20. The number of alkyl halides is 3. The third kappa shape index (κ3) is 3.11. The van der Waals surface area contributed by atoms with Crippen LogP contribution in [0.4, 0.5) is 13.2 Å². The molecule has 1 unspecified atom stereocenters. The molecular formula is C18H16F3NO3. The van der Waals surface area contributed by atoms with Gasteiger partial charge in [-0.1, -0.05) is 12.1 Å². The Morgan fingerprint density at radius 1 is 1.32 bits per heavy atom. The topological polar surface area (TPSA) is 59.4 Å². The van der Waals surface area contributed by atoms with Gasteiger partial charge in [0.2, 0.25) is 0 Å². The van der Waals surface area contributed by atoms with Crippen LogP contribution in [0, 0.1) is 5.92 Å². The third-order valence-electron chi connectivity index (χ3n) is 4.44. The lowest BCUT2D eigenvalue weighted by Gasteiger charge is -2.14. The van der Waals surface area contributed by atoms with Crippen molar-refractivity contribution in [2.24, 2.45) is 5.92 Å². The molecule has 0 bridgehead atoms. The number of carbonyl (C=O) groups is 1. The minimum absolute atomic E-state index is 0.0964. The molecular weight excluding hydrogens is 335 g/mol. The first-order chi connectivity index (χ1) is 11.9. The van der Waals surface area contributed by atoms with Gasteiger partial charge in [0.15, 0.2) is 5.78 Å². The largest absolute Gasteiger partial charge is 0.496 e. The summed E-state index contributed by atoms with van der Waals surface area (Å²) in [5.74, 6) is -0.432. The molecule has 1 atom stereocenters. The number of aromatic nitrogens is 1. The highest BCUT2D eigenvalue weighted by molar-refractivity contribution is 6.03. The Labute approximate surface area is 142 Å². The molecule has 0 amide bonds. The van der Waals surface area contributed by atoms with E-state index in [9.17, 15) is 23.1 Å². The van der Waals surface area contributed by atoms with Crippen LogP contribution in [0.2, 0.25) is 0 Å². The molecule has 1 aliphatic rings. The van der Waals surface area contributed by atoms with E-state index < -0.39 is 17.7 Å². The summed E-state index contributed by atoms with van der Waals surface area (Å²) in [6.45, 7) is -0.242. The molecule has 2 aromatic rings. The minimum atomic E-state index is -4.51. The van der Waals surface area contributed by atoms with Gasteiger partial charge < -0.3 is 9.84 Å². The van der Waals surface area contributed by atoms with Crippen LogP contribution in [-0.2, 0) is 25.6 Å². The number of ketones is 1.